The Bertz CT molecular complexity index is 1550. The molecule has 3 heterocycles. The Kier molecular flexibility index (Phi) is 7.73. The van der Waals surface area contributed by atoms with E-state index in [0.717, 1.165) is 42.5 Å². The first kappa shape index (κ1) is 30.2. The van der Waals surface area contributed by atoms with Crippen molar-refractivity contribution in [3.8, 4) is 0 Å². The van der Waals surface area contributed by atoms with Crippen LogP contribution in [0.1, 0.15) is 88.8 Å². The van der Waals surface area contributed by atoms with Crippen LogP contribution in [0.25, 0.3) is 11.0 Å². The summed E-state index contributed by atoms with van der Waals surface area (Å²) in [6, 6.07) is 10.7. The number of esters is 1. The fraction of sp³-hybridized carbons (Fsp3) is 0.515. The molecule has 0 amide bonds. The van der Waals surface area contributed by atoms with Crippen molar-refractivity contribution in [2.75, 3.05) is 30.4 Å². The number of piperidine rings is 1. The topological polar surface area (TPSA) is 90.2 Å². The summed E-state index contributed by atoms with van der Waals surface area (Å²) in [4.78, 5) is 28.4. The maximum Gasteiger partial charge on any atom is 0.494 e. The van der Waals surface area contributed by atoms with Gasteiger partial charge in [-0.1, -0.05) is 26.0 Å². The molecule has 1 unspecified atom stereocenters. The molecule has 0 radical (unpaired) electrons. The zero-order chi connectivity index (χ0) is 30.6. The van der Waals surface area contributed by atoms with Gasteiger partial charge in [0.1, 0.15) is 5.58 Å². The van der Waals surface area contributed by atoms with Crippen molar-refractivity contribution in [1.29, 1.82) is 0 Å². The third-order valence-corrected chi connectivity index (χ3v) is 9.23. The minimum atomic E-state index is -0.612. The summed E-state index contributed by atoms with van der Waals surface area (Å²) in [7, 11) is 0.752. The predicted molar refractivity (Wildman–Crippen MR) is 168 cm³/mol. The molecule has 2 aliphatic heterocycles. The van der Waals surface area contributed by atoms with Crippen molar-refractivity contribution >= 4 is 41.1 Å². The van der Waals surface area contributed by atoms with Crippen LogP contribution in [-0.4, -0.2) is 44.5 Å². The Hall–Kier alpha value is -3.30. The summed E-state index contributed by atoms with van der Waals surface area (Å²) >= 11 is 0. The molecule has 0 saturated carbocycles. The lowest BCUT2D eigenvalue weighted by atomic mass is 9.78. The first-order valence-electron chi connectivity index (χ1n) is 14.8. The van der Waals surface area contributed by atoms with Crippen LogP contribution in [0, 0.1) is 12.3 Å². The number of hydrogen-bond donors (Lipinski definition) is 1. The molecule has 9 heteroatoms. The molecule has 0 aliphatic carbocycles. The Morgan fingerprint density at radius 1 is 1.00 bits per heavy atom. The standard InChI is InChI=1S/C33H43BN2O6/c1-20-16-23(29-25(17-20)27(37)19-28(40-29)36-14-12-31(3,4)13-15-36)21(2)35-26-11-10-22(18-24(26)30(38)39-9)34-41-32(5,6)33(7,8)42-34/h10-11,16-19,21,35H,12-15H2,1-9H3. The van der Waals surface area contributed by atoms with Crippen LogP contribution >= 0.6 is 0 Å². The second kappa shape index (κ2) is 10.8. The predicted octanol–water partition coefficient (Wildman–Crippen LogP) is 5.99. The van der Waals surface area contributed by atoms with Crippen LogP contribution in [0.3, 0.4) is 0 Å². The lowest BCUT2D eigenvalue weighted by Gasteiger charge is -2.37. The van der Waals surface area contributed by atoms with Gasteiger partial charge in [-0.25, -0.2) is 4.79 Å². The molecule has 0 bridgehead atoms. The second-order valence-electron chi connectivity index (χ2n) is 13.6. The van der Waals surface area contributed by atoms with Gasteiger partial charge in [-0.2, -0.15) is 0 Å². The van der Waals surface area contributed by atoms with Crippen LogP contribution in [0.15, 0.2) is 45.6 Å². The zero-order valence-electron chi connectivity index (χ0n) is 26.3. The summed E-state index contributed by atoms with van der Waals surface area (Å²) in [5.74, 6) is 0.126. The van der Waals surface area contributed by atoms with Crippen LogP contribution < -0.4 is 21.1 Å². The van der Waals surface area contributed by atoms with Gasteiger partial charge >= 0.3 is 13.1 Å². The highest BCUT2D eigenvalue weighted by atomic mass is 16.7. The molecular formula is C33H43BN2O6. The second-order valence-corrected chi connectivity index (χ2v) is 13.6. The van der Waals surface area contributed by atoms with Crippen LogP contribution in [0.5, 0.6) is 0 Å². The number of nitrogens with one attached hydrogen (secondary N) is 1. The number of anilines is 2. The highest BCUT2D eigenvalue weighted by molar-refractivity contribution is 6.62. The number of nitrogens with zero attached hydrogens (tertiary/aromatic N) is 1. The summed E-state index contributed by atoms with van der Waals surface area (Å²) in [6.07, 6.45) is 2.07. The maximum atomic E-state index is 13.3. The van der Waals surface area contributed by atoms with Crippen LogP contribution in [0.2, 0.25) is 0 Å². The number of fused-ring (bicyclic) bond motifs is 1. The quantitative estimate of drug-likeness (QED) is 0.284. The molecule has 5 rings (SSSR count). The highest BCUT2D eigenvalue weighted by Crippen LogP contribution is 2.37. The van der Waals surface area contributed by atoms with Gasteiger partial charge in [0.15, 0.2) is 11.3 Å². The summed E-state index contributed by atoms with van der Waals surface area (Å²) in [5, 5.41) is 4.03. The average molecular weight is 575 g/mol. The number of ether oxygens (including phenoxy) is 1. The first-order valence-corrected chi connectivity index (χ1v) is 14.8. The number of aryl methyl sites for hydroxylation is 1. The molecule has 1 atom stereocenters. The number of hydrogen-bond acceptors (Lipinski definition) is 8. The fourth-order valence-corrected chi connectivity index (χ4v) is 5.64. The zero-order valence-corrected chi connectivity index (χ0v) is 26.3. The van der Waals surface area contributed by atoms with Crippen LogP contribution in [-0.2, 0) is 14.0 Å². The third-order valence-electron chi connectivity index (χ3n) is 9.23. The van der Waals surface area contributed by atoms with Crippen molar-refractivity contribution in [1.82, 2.24) is 0 Å². The number of carbonyl (C=O) groups is 1. The lowest BCUT2D eigenvalue weighted by Crippen LogP contribution is -2.41. The Morgan fingerprint density at radius 2 is 1.64 bits per heavy atom. The van der Waals surface area contributed by atoms with E-state index in [0.29, 0.717) is 28.1 Å². The molecule has 8 nitrogen and oxygen atoms in total. The fourth-order valence-electron chi connectivity index (χ4n) is 5.64. The van der Waals surface area contributed by atoms with Gasteiger partial charge < -0.3 is 28.7 Å². The minimum Gasteiger partial charge on any atom is -0.465 e. The first-order chi connectivity index (χ1) is 19.6. The van der Waals surface area contributed by atoms with E-state index in [-0.39, 0.29) is 16.9 Å². The van der Waals surface area contributed by atoms with Crippen molar-refractivity contribution in [3.05, 3.63) is 63.3 Å². The van der Waals surface area contributed by atoms with Gasteiger partial charge in [0.25, 0.3) is 0 Å². The molecule has 2 aromatic carbocycles. The van der Waals surface area contributed by atoms with E-state index < -0.39 is 24.3 Å². The highest BCUT2D eigenvalue weighted by Gasteiger charge is 2.51. The summed E-state index contributed by atoms with van der Waals surface area (Å²) in [6.45, 7) is 18.2. The molecule has 1 aromatic heterocycles. The normalized spacial score (nSPS) is 20.0. The minimum absolute atomic E-state index is 0.0600. The molecule has 1 N–H and O–H groups in total. The summed E-state index contributed by atoms with van der Waals surface area (Å²) in [5.41, 5.74) is 3.26. The van der Waals surface area contributed by atoms with E-state index >= 15 is 0 Å². The number of benzene rings is 2. The van der Waals surface area contributed by atoms with Gasteiger partial charge in [0.05, 0.1) is 35.3 Å². The smallest absolute Gasteiger partial charge is 0.465 e. The Balaban J connectivity index is 1.49. The SMILES string of the molecule is COC(=O)c1cc(B2OC(C)(C)C(C)(C)O2)ccc1NC(C)c1cc(C)cc2c(=O)cc(N3CCC(C)(C)CC3)oc12. The van der Waals surface area contributed by atoms with E-state index in [2.05, 4.69) is 24.1 Å². The van der Waals surface area contributed by atoms with E-state index in [1.807, 2.05) is 65.8 Å². The third kappa shape index (κ3) is 5.69. The molecule has 0 spiro atoms. The number of rotatable bonds is 6. The average Bonchev–Trinajstić information content (AvgIpc) is 3.14. The van der Waals surface area contributed by atoms with Gasteiger partial charge in [-0.15, -0.1) is 0 Å². The molecule has 42 heavy (non-hydrogen) atoms. The maximum absolute atomic E-state index is 13.3. The number of carbonyl (C=O) groups excluding carboxylic acids is 1. The molecule has 224 valence electrons. The number of methoxy groups -OCH3 is 1. The molecule has 2 fully saturated rings. The van der Waals surface area contributed by atoms with E-state index in [1.165, 1.54) is 7.11 Å². The Labute approximate surface area is 248 Å². The van der Waals surface area contributed by atoms with Gasteiger partial charge in [0.2, 0.25) is 0 Å². The Morgan fingerprint density at radius 3 is 2.26 bits per heavy atom. The van der Waals surface area contributed by atoms with Gasteiger partial charge in [-0.05, 0) is 89.0 Å². The van der Waals surface area contributed by atoms with E-state index in [1.54, 1.807) is 12.1 Å². The molecule has 3 aromatic rings. The molecular weight excluding hydrogens is 531 g/mol. The van der Waals surface area contributed by atoms with Crippen LogP contribution in [0.4, 0.5) is 11.6 Å². The molecule has 2 saturated heterocycles. The lowest BCUT2D eigenvalue weighted by molar-refractivity contribution is 0.00578. The molecule has 2 aliphatic rings. The van der Waals surface area contributed by atoms with Gasteiger partial charge in [0, 0.05) is 30.4 Å². The van der Waals surface area contributed by atoms with E-state index in [9.17, 15) is 9.59 Å². The van der Waals surface area contributed by atoms with Crippen molar-refractivity contribution < 1.29 is 23.3 Å². The van der Waals surface area contributed by atoms with Crippen molar-refractivity contribution in [2.24, 2.45) is 5.41 Å². The summed E-state index contributed by atoms with van der Waals surface area (Å²) < 4.78 is 24.0. The van der Waals surface area contributed by atoms with Crippen molar-refractivity contribution in [2.45, 2.75) is 85.5 Å². The largest absolute Gasteiger partial charge is 0.494 e. The van der Waals surface area contributed by atoms with Gasteiger partial charge in [-0.3, -0.25) is 4.79 Å². The monoisotopic (exact) mass is 574 g/mol. The van der Waals surface area contributed by atoms with E-state index in [4.69, 9.17) is 18.5 Å². The van der Waals surface area contributed by atoms with Crippen molar-refractivity contribution in [3.63, 3.8) is 0 Å².